The molecule has 2 N–H and O–H groups in total. The Labute approximate surface area is 164 Å². The lowest BCUT2D eigenvalue weighted by Gasteiger charge is -2.61. The summed E-state index contributed by atoms with van der Waals surface area (Å²) in [4.78, 5) is 0. The average Bonchev–Trinajstić information content (AvgIpc) is 2.94. The van der Waals surface area contributed by atoms with Crippen LogP contribution in [0.15, 0.2) is 0 Å². The second-order valence-corrected chi connectivity index (χ2v) is 12.6. The normalized spacial score (nSPS) is 52.0. The number of rotatable bonds is 4. The van der Waals surface area contributed by atoms with E-state index in [1.54, 1.807) is 0 Å². The number of hydrogen-bond donors (Lipinski definition) is 1. The summed E-state index contributed by atoms with van der Waals surface area (Å²) in [5.74, 6) is 5.51. The van der Waals surface area contributed by atoms with Gasteiger partial charge in [0.2, 0.25) is 0 Å². The molecule has 0 aromatic carbocycles. The maximum Gasteiger partial charge on any atom is 0.116 e. The lowest BCUT2D eigenvalue weighted by atomic mass is 9.45. The predicted molar refractivity (Wildman–Crippen MR) is 111 cm³/mol. The molecule has 4 rings (SSSR count). The van der Waals surface area contributed by atoms with Crippen LogP contribution in [-0.4, -0.2) is 22.1 Å². The largest absolute Gasteiger partial charge is 0.616 e. The summed E-state index contributed by atoms with van der Waals surface area (Å²) < 4.78 is 12.7. The molecular weight excluding hydrogens is 338 g/mol. The smallest absolute Gasteiger partial charge is 0.116 e. The summed E-state index contributed by atoms with van der Waals surface area (Å²) in [7, 11) is 0. The van der Waals surface area contributed by atoms with Crippen LogP contribution in [0, 0.1) is 40.4 Å². The predicted octanol–water partition coefficient (Wildman–Crippen LogP) is 5.13. The van der Waals surface area contributed by atoms with E-state index in [1.807, 2.05) is 0 Å². The van der Waals surface area contributed by atoms with E-state index < -0.39 is 11.2 Å². The number of fused-ring (bicyclic) bond motifs is 5. The average molecular weight is 380 g/mol. The molecule has 2 nitrogen and oxygen atoms in total. The minimum atomic E-state index is -0.645. The van der Waals surface area contributed by atoms with E-state index in [1.165, 1.54) is 57.8 Å². The van der Waals surface area contributed by atoms with Gasteiger partial charge in [-0.2, -0.15) is 0 Å². The van der Waals surface area contributed by atoms with Crippen molar-refractivity contribution in [2.45, 2.75) is 90.2 Å². The Balaban J connectivity index is 1.47. The molecule has 0 aromatic heterocycles. The Bertz CT molecular complexity index is 512. The minimum absolute atomic E-state index is 0.455. The highest BCUT2D eigenvalue weighted by molar-refractivity contribution is 7.92. The molecule has 9 atom stereocenters. The third kappa shape index (κ3) is 2.99. The van der Waals surface area contributed by atoms with Crippen LogP contribution in [0.1, 0.15) is 85.0 Å². The molecule has 0 aromatic rings. The molecule has 0 amide bonds. The summed E-state index contributed by atoms with van der Waals surface area (Å²) in [6, 6.07) is 0. The highest BCUT2D eigenvalue weighted by atomic mass is 32.2. The Morgan fingerprint density at radius 1 is 0.962 bits per heavy atom. The fraction of sp³-hybridized carbons (Fsp3) is 1.00. The van der Waals surface area contributed by atoms with Crippen molar-refractivity contribution in [1.29, 1.82) is 0 Å². The van der Waals surface area contributed by atoms with Crippen molar-refractivity contribution in [3.8, 4) is 0 Å². The minimum Gasteiger partial charge on any atom is -0.616 e. The van der Waals surface area contributed by atoms with E-state index >= 15 is 0 Å². The summed E-state index contributed by atoms with van der Waals surface area (Å²) in [6.45, 7) is 8.46. The zero-order valence-electron chi connectivity index (χ0n) is 17.3. The van der Waals surface area contributed by atoms with Crippen LogP contribution in [0.25, 0.3) is 0 Å². The van der Waals surface area contributed by atoms with Crippen LogP contribution in [0.3, 0.4) is 0 Å². The monoisotopic (exact) mass is 379 g/mol. The Kier molecular flexibility index (Phi) is 5.47. The molecule has 0 bridgehead atoms. The first-order chi connectivity index (χ1) is 12.4. The molecule has 4 aliphatic carbocycles. The number of hydrogen-bond acceptors (Lipinski definition) is 2. The van der Waals surface area contributed by atoms with Gasteiger partial charge in [0.15, 0.2) is 0 Å². The third-order valence-corrected chi connectivity index (χ3v) is 11.9. The van der Waals surface area contributed by atoms with Gasteiger partial charge in [-0.3, -0.25) is 0 Å². The van der Waals surface area contributed by atoms with Gasteiger partial charge >= 0.3 is 0 Å². The fourth-order valence-electron chi connectivity index (χ4n) is 8.11. The lowest BCUT2D eigenvalue weighted by Crippen LogP contribution is -2.54. The van der Waals surface area contributed by atoms with Crippen LogP contribution in [0.4, 0.5) is 0 Å². The van der Waals surface area contributed by atoms with Crippen molar-refractivity contribution in [2.24, 2.45) is 46.2 Å². The SMILES string of the molecule is C[C@H]1CCC2C3CCC4C[C@H]([S+]([O-])CCCN)CC[C@]4(C)C3CC[C@@]21C. The molecule has 0 heterocycles. The van der Waals surface area contributed by atoms with Crippen LogP contribution in [0.5, 0.6) is 0 Å². The number of nitrogens with two attached hydrogens (primary N) is 1. The standard InChI is InChI=1S/C23H41NOS/c1-16-5-8-20-19-7-6-17-15-18(26(25)14-4-13-24)9-11-23(17,3)21(19)10-12-22(16,20)2/h16-21H,4-15,24H2,1-3H3/t16-,17?,18+,19?,20?,21?,22+,23-,26?/m0/s1. The van der Waals surface area contributed by atoms with E-state index in [0.717, 1.165) is 41.8 Å². The molecule has 0 radical (unpaired) electrons. The summed E-state index contributed by atoms with van der Waals surface area (Å²) in [5, 5.41) is 0.455. The molecule has 0 aliphatic heterocycles. The second kappa shape index (κ2) is 7.26. The quantitative estimate of drug-likeness (QED) is 0.688. The summed E-state index contributed by atoms with van der Waals surface area (Å²) in [5.41, 5.74) is 6.80. The molecule has 150 valence electrons. The molecule has 4 fully saturated rings. The van der Waals surface area contributed by atoms with E-state index in [-0.39, 0.29) is 0 Å². The zero-order chi connectivity index (χ0) is 18.5. The van der Waals surface area contributed by atoms with Gasteiger partial charge < -0.3 is 10.3 Å². The van der Waals surface area contributed by atoms with Crippen molar-refractivity contribution in [3.63, 3.8) is 0 Å². The van der Waals surface area contributed by atoms with Gasteiger partial charge in [0.1, 0.15) is 11.0 Å². The van der Waals surface area contributed by atoms with Gasteiger partial charge in [-0.05, 0) is 105 Å². The van der Waals surface area contributed by atoms with Gasteiger partial charge in [0.25, 0.3) is 0 Å². The van der Waals surface area contributed by atoms with E-state index in [4.69, 9.17) is 5.73 Å². The van der Waals surface area contributed by atoms with Crippen molar-refractivity contribution >= 4 is 11.2 Å². The van der Waals surface area contributed by atoms with E-state index in [0.29, 0.717) is 22.6 Å². The third-order valence-electron chi connectivity index (χ3n) is 10.0. The highest BCUT2D eigenvalue weighted by Gasteiger charge is 2.59. The first kappa shape index (κ1) is 19.6. The Morgan fingerprint density at radius 3 is 2.46 bits per heavy atom. The fourth-order valence-corrected chi connectivity index (χ4v) is 9.72. The van der Waals surface area contributed by atoms with Crippen molar-refractivity contribution in [3.05, 3.63) is 0 Å². The van der Waals surface area contributed by atoms with E-state index in [9.17, 15) is 4.55 Å². The van der Waals surface area contributed by atoms with Crippen LogP contribution in [-0.2, 0) is 11.2 Å². The zero-order valence-corrected chi connectivity index (χ0v) is 18.2. The highest BCUT2D eigenvalue weighted by Crippen LogP contribution is 2.67. The van der Waals surface area contributed by atoms with Gasteiger partial charge in [-0.25, -0.2) is 0 Å². The molecule has 4 saturated carbocycles. The Morgan fingerprint density at radius 2 is 1.69 bits per heavy atom. The van der Waals surface area contributed by atoms with E-state index in [2.05, 4.69) is 20.8 Å². The van der Waals surface area contributed by atoms with Crippen LogP contribution < -0.4 is 5.73 Å². The lowest BCUT2D eigenvalue weighted by molar-refractivity contribution is -0.109. The van der Waals surface area contributed by atoms with Crippen molar-refractivity contribution in [1.82, 2.24) is 0 Å². The van der Waals surface area contributed by atoms with Gasteiger partial charge in [0.05, 0.1) is 0 Å². The molecule has 3 heteroatoms. The topological polar surface area (TPSA) is 49.1 Å². The van der Waals surface area contributed by atoms with Gasteiger partial charge in [0, 0.05) is 6.42 Å². The van der Waals surface area contributed by atoms with Crippen molar-refractivity contribution in [2.75, 3.05) is 12.3 Å². The van der Waals surface area contributed by atoms with Crippen LogP contribution >= 0.6 is 0 Å². The maximum absolute atomic E-state index is 12.7. The molecule has 0 spiro atoms. The summed E-state index contributed by atoms with van der Waals surface area (Å²) in [6.07, 6.45) is 13.4. The van der Waals surface area contributed by atoms with Gasteiger partial charge in [-0.1, -0.05) is 31.9 Å². The summed E-state index contributed by atoms with van der Waals surface area (Å²) >= 11 is -0.645. The van der Waals surface area contributed by atoms with Crippen molar-refractivity contribution < 1.29 is 4.55 Å². The second-order valence-electron chi connectivity index (χ2n) is 10.8. The van der Waals surface area contributed by atoms with Gasteiger partial charge in [-0.15, -0.1) is 0 Å². The first-order valence-corrected chi connectivity index (χ1v) is 12.9. The van der Waals surface area contributed by atoms with Crippen LogP contribution in [0.2, 0.25) is 0 Å². The molecule has 26 heavy (non-hydrogen) atoms. The Hall–Kier alpha value is 0.270. The maximum atomic E-state index is 12.7. The molecular formula is C23H41NOS. The molecule has 0 saturated heterocycles. The first-order valence-electron chi connectivity index (χ1n) is 11.5. The molecule has 5 unspecified atom stereocenters. The molecule has 4 aliphatic rings.